The molecule has 1 aromatic rings. The maximum Gasteiger partial charge on any atom is 0.339 e. The molecule has 1 atom stereocenters. The van der Waals surface area contributed by atoms with Gasteiger partial charge in [-0.2, -0.15) is 0 Å². The number of pyridine rings is 1. The predicted octanol–water partition coefficient (Wildman–Crippen LogP) is -0.0111. The standard InChI is InChI=1S/C11H14N2O6/c1-7-4-9(14)12(5-8(7)13(17)18)6-11(2,16)10(15)19-3/h4-5,16H,6H2,1-3H3. The molecule has 8 nitrogen and oxygen atoms in total. The summed E-state index contributed by atoms with van der Waals surface area (Å²) in [6, 6.07) is 1.07. The third kappa shape index (κ3) is 3.16. The normalized spacial score (nSPS) is 13.7. The first kappa shape index (κ1) is 14.8. The van der Waals surface area contributed by atoms with Crippen molar-refractivity contribution in [3.63, 3.8) is 0 Å². The molecule has 1 rings (SSSR count). The number of aryl methyl sites for hydroxylation is 1. The van der Waals surface area contributed by atoms with Gasteiger partial charge in [0.05, 0.1) is 24.8 Å². The van der Waals surface area contributed by atoms with Crippen LogP contribution in [0.15, 0.2) is 17.1 Å². The zero-order valence-electron chi connectivity index (χ0n) is 10.7. The minimum absolute atomic E-state index is 0.212. The number of ether oxygens (including phenoxy) is 1. The number of rotatable bonds is 4. The Morgan fingerprint density at radius 3 is 2.68 bits per heavy atom. The molecular formula is C11H14N2O6. The second-order valence-electron chi connectivity index (χ2n) is 4.33. The van der Waals surface area contributed by atoms with Gasteiger partial charge >= 0.3 is 5.97 Å². The van der Waals surface area contributed by atoms with E-state index in [1.165, 1.54) is 6.92 Å². The molecule has 1 N–H and O–H groups in total. The van der Waals surface area contributed by atoms with Gasteiger partial charge in [0.2, 0.25) is 0 Å². The molecule has 19 heavy (non-hydrogen) atoms. The average molecular weight is 270 g/mol. The number of carbonyl (C=O) groups is 1. The summed E-state index contributed by atoms with van der Waals surface area (Å²) in [6.45, 7) is 2.17. The molecule has 0 radical (unpaired) electrons. The summed E-state index contributed by atoms with van der Waals surface area (Å²) in [4.78, 5) is 33.1. The summed E-state index contributed by atoms with van der Waals surface area (Å²) in [5, 5.41) is 20.6. The van der Waals surface area contributed by atoms with Crippen LogP contribution in [0, 0.1) is 17.0 Å². The molecule has 0 aliphatic heterocycles. The molecule has 0 saturated carbocycles. The number of aromatic nitrogens is 1. The van der Waals surface area contributed by atoms with Crippen LogP contribution in [0.3, 0.4) is 0 Å². The molecule has 1 heterocycles. The highest BCUT2D eigenvalue weighted by atomic mass is 16.6. The number of aliphatic hydroxyl groups is 1. The minimum Gasteiger partial charge on any atom is -0.467 e. The van der Waals surface area contributed by atoms with E-state index in [9.17, 15) is 24.8 Å². The fourth-order valence-electron chi connectivity index (χ4n) is 1.59. The molecule has 104 valence electrons. The van der Waals surface area contributed by atoms with E-state index in [2.05, 4.69) is 4.74 Å². The molecule has 1 unspecified atom stereocenters. The van der Waals surface area contributed by atoms with Gasteiger partial charge in [-0.05, 0) is 13.8 Å². The third-order valence-corrected chi connectivity index (χ3v) is 2.61. The van der Waals surface area contributed by atoms with Crippen molar-refractivity contribution in [2.45, 2.75) is 26.0 Å². The number of carbonyl (C=O) groups excluding carboxylic acids is 1. The number of nitrogens with zero attached hydrogens (tertiary/aromatic N) is 2. The van der Waals surface area contributed by atoms with Crippen LogP contribution in [0.5, 0.6) is 0 Å². The molecule has 0 saturated heterocycles. The molecule has 0 aliphatic rings. The van der Waals surface area contributed by atoms with E-state index in [-0.39, 0.29) is 11.3 Å². The molecule has 8 heteroatoms. The molecule has 1 aromatic heterocycles. The van der Waals surface area contributed by atoms with E-state index >= 15 is 0 Å². The second kappa shape index (κ2) is 5.19. The van der Waals surface area contributed by atoms with Crippen LogP contribution in [-0.2, 0) is 16.1 Å². The Kier molecular flexibility index (Phi) is 4.05. The number of hydrogen-bond acceptors (Lipinski definition) is 6. The number of nitro groups is 1. The Labute approximate surface area is 108 Å². The zero-order valence-corrected chi connectivity index (χ0v) is 10.7. The van der Waals surface area contributed by atoms with Gasteiger partial charge in [0.1, 0.15) is 0 Å². The average Bonchev–Trinajstić information content (AvgIpc) is 2.30. The van der Waals surface area contributed by atoms with Crippen molar-refractivity contribution in [3.8, 4) is 0 Å². The monoisotopic (exact) mass is 270 g/mol. The number of hydrogen-bond donors (Lipinski definition) is 1. The highest BCUT2D eigenvalue weighted by Crippen LogP contribution is 2.16. The van der Waals surface area contributed by atoms with E-state index in [0.29, 0.717) is 0 Å². The molecule has 0 aromatic carbocycles. The fraction of sp³-hybridized carbons (Fsp3) is 0.455. The Bertz CT molecular complexity index is 575. The van der Waals surface area contributed by atoms with Gasteiger partial charge in [-0.3, -0.25) is 14.9 Å². The van der Waals surface area contributed by atoms with Gasteiger partial charge in [-0.15, -0.1) is 0 Å². The van der Waals surface area contributed by atoms with Crippen molar-refractivity contribution >= 4 is 11.7 Å². The van der Waals surface area contributed by atoms with Crippen LogP contribution in [0.1, 0.15) is 12.5 Å². The summed E-state index contributed by atoms with van der Waals surface area (Å²) in [5.41, 5.74) is -2.54. The second-order valence-corrected chi connectivity index (χ2v) is 4.33. The van der Waals surface area contributed by atoms with Crippen molar-refractivity contribution in [2.24, 2.45) is 0 Å². The summed E-state index contributed by atoms with van der Waals surface area (Å²) < 4.78 is 5.30. The first-order valence-corrected chi connectivity index (χ1v) is 5.35. The number of esters is 1. The van der Waals surface area contributed by atoms with E-state index in [4.69, 9.17) is 0 Å². The molecule has 0 amide bonds. The topological polar surface area (TPSA) is 112 Å². The Morgan fingerprint density at radius 1 is 1.63 bits per heavy atom. The van der Waals surface area contributed by atoms with Gasteiger partial charge in [-0.1, -0.05) is 0 Å². The molecular weight excluding hydrogens is 256 g/mol. The Hall–Kier alpha value is -2.22. The van der Waals surface area contributed by atoms with Crippen LogP contribution in [0.25, 0.3) is 0 Å². The van der Waals surface area contributed by atoms with Crippen molar-refractivity contribution in [1.82, 2.24) is 4.57 Å². The summed E-state index contributed by atoms with van der Waals surface area (Å²) in [6.07, 6.45) is 0.995. The van der Waals surface area contributed by atoms with Crippen LogP contribution >= 0.6 is 0 Å². The number of methoxy groups -OCH3 is 1. The highest BCUT2D eigenvalue weighted by Gasteiger charge is 2.32. The Morgan fingerprint density at radius 2 is 2.21 bits per heavy atom. The quantitative estimate of drug-likeness (QED) is 0.468. The van der Waals surface area contributed by atoms with Crippen LogP contribution in [-0.4, -0.2) is 33.3 Å². The lowest BCUT2D eigenvalue weighted by Gasteiger charge is -2.21. The lowest BCUT2D eigenvalue weighted by molar-refractivity contribution is -0.386. The van der Waals surface area contributed by atoms with Crippen molar-refractivity contribution in [3.05, 3.63) is 38.3 Å². The van der Waals surface area contributed by atoms with Gasteiger partial charge in [0.25, 0.3) is 11.2 Å². The van der Waals surface area contributed by atoms with Crippen LogP contribution in [0.2, 0.25) is 0 Å². The molecule has 0 aliphatic carbocycles. The van der Waals surface area contributed by atoms with E-state index in [0.717, 1.165) is 30.9 Å². The summed E-state index contributed by atoms with van der Waals surface area (Å²) >= 11 is 0. The first-order chi connectivity index (χ1) is 8.69. The Balaban J connectivity index is 3.22. The first-order valence-electron chi connectivity index (χ1n) is 5.35. The van der Waals surface area contributed by atoms with Gasteiger partial charge in [-0.25, -0.2) is 4.79 Å². The largest absolute Gasteiger partial charge is 0.467 e. The maximum absolute atomic E-state index is 11.7. The van der Waals surface area contributed by atoms with E-state index < -0.39 is 28.6 Å². The molecule has 0 fully saturated rings. The predicted molar refractivity (Wildman–Crippen MR) is 64.7 cm³/mol. The SMILES string of the molecule is COC(=O)C(C)(O)Cn1cc([N+](=O)[O-])c(C)cc1=O. The van der Waals surface area contributed by atoms with Crippen molar-refractivity contribution < 1.29 is 19.6 Å². The summed E-state index contributed by atoms with van der Waals surface area (Å²) in [5.74, 6) is -0.928. The molecule has 0 bridgehead atoms. The lowest BCUT2D eigenvalue weighted by atomic mass is 10.1. The zero-order chi connectivity index (χ0) is 14.8. The fourth-order valence-corrected chi connectivity index (χ4v) is 1.59. The minimum atomic E-state index is -1.94. The smallest absolute Gasteiger partial charge is 0.339 e. The van der Waals surface area contributed by atoms with E-state index in [1.807, 2.05) is 0 Å². The van der Waals surface area contributed by atoms with E-state index in [1.54, 1.807) is 0 Å². The highest BCUT2D eigenvalue weighted by molar-refractivity contribution is 5.78. The molecule has 0 spiro atoms. The van der Waals surface area contributed by atoms with Crippen LogP contribution < -0.4 is 5.56 Å². The van der Waals surface area contributed by atoms with Gasteiger partial charge < -0.3 is 14.4 Å². The third-order valence-electron chi connectivity index (χ3n) is 2.61. The summed E-state index contributed by atoms with van der Waals surface area (Å²) in [7, 11) is 1.09. The van der Waals surface area contributed by atoms with Crippen molar-refractivity contribution in [1.29, 1.82) is 0 Å². The maximum atomic E-state index is 11.7. The van der Waals surface area contributed by atoms with Gasteiger partial charge in [0, 0.05) is 11.6 Å². The van der Waals surface area contributed by atoms with Crippen LogP contribution in [0.4, 0.5) is 5.69 Å². The lowest BCUT2D eigenvalue weighted by Crippen LogP contribution is -2.43. The van der Waals surface area contributed by atoms with Gasteiger partial charge in [0.15, 0.2) is 5.60 Å². The van der Waals surface area contributed by atoms with Crippen molar-refractivity contribution in [2.75, 3.05) is 7.11 Å².